The van der Waals surface area contributed by atoms with Crippen molar-refractivity contribution < 1.29 is 8.42 Å². The van der Waals surface area contributed by atoms with Crippen molar-refractivity contribution in [2.24, 2.45) is 0 Å². The Bertz CT molecular complexity index is 453. The van der Waals surface area contributed by atoms with E-state index in [1.54, 1.807) is 12.1 Å². The molecular formula is C13H20N2O2S. The lowest BCUT2D eigenvalue weighted by atomic mass is 10.0. The van der Waals surface area contributed by atoms with Crippen LogP contribution < -0.4 is 10.0 Å². The zero-order valence-corrected chi connectivity index (χ0v) is 11.2. The first-order chi connectivity index (χ1) is 8.66. The first-order valence-corrected chi connectivity index (χ1v) is 8.10. The molecule has 0 amide bonds. The van der Waals surface area contributed by atoms with E-state index in [1.165, 1.54) is 12.8 Å². The zero-order valence-electron chi connectivity index (χ0n) is 10.4. The van der Waals surface area contributed by atoms with Gasteiger partial charge in [0, 0.05) is 11.7 Å². The maximum absolute atomic E-state index is 11.9. The van der Waals surface area contributed by atoms with Crippen molar-refractivity contribution in [1.29, 1.82) is 0 Å². The smallest absolute Gasteiger partial charge is 0.232 e. The summed E-state index contributed by atoms with van der Waals surface area (Å²) in [5.74, 6) is 0.180. The molecule has 1 fully saturated rings. The molecular weight excluding hydrogens is 248 g/mol. The Morgan fingerprint density at radius 2 is 2.00 bits per heavy atom. The Labute approximate surface area is 109 Å². The highest BCUT2D eigenvalue weighted by Crippen LogP contribution is 2.13. The number of hydrogen-bond donors (Lipinski definition) is 2. The largest absolute Gasteiger partial charge is 0.314 e. The van der Waals surface area contributed by atoms with Crippen LogP contribution in [-0.4, -0.2) is 26.8 Å². The lowest BCUT2D eigenvalue weighted by Gasteiger charge is -2.23. The molecule has 0 aliphatic carbocycles. The van der Waals surface area contributed by atoms with E-state index >= 15 is 0 Å². The lowest BCUT2D eigenvalue weighted by molar-refractivity contribution is 0.393. The van der Waals surface area contributed by atoms with Crippen molar-refractivity contribution >= 4 is 15.7 Å². The fourth-order valence-corrected chi connectivity index (χ4v) is 3.40. The van der Waals surface area contributed by atoms with E-state index in [2.05, 4.69) is 10.0 Å². The van der Waals surface area contributed by atoms with Crippen LogP contribution in [0.3, 0.4) is 0 Å². The van der Waals surface area contributed by atoms with E-state index in [0.29, 0.717) is 18.2 Å². The molecule has 0 aromatic heterocycles. The summed E-state index contributed by atoms with van der Waals surface area (Å²) in [7, 11) is -3.22. The highest BCUT2D eigenvalue weighted by Gasteiger charge is 2.17. The molecule has 0 radical (unpaired) electrons. The first kappa shape index (κ1) is 13.4. The van der Waals surface area contributed by atoms with E-state index in [-0.39, 0.29) is 5.75 Å². The van der Waals surface area contributed by atoms with Crippen LogP contribution in [0, 0.1) is 0 Å². The quantitative estimate of drug-likeness (QED) is 0.858. The summed E-state index contributed by atoms with van der Waals surface area (Å²) in [4.78, 5) is 0. The summed E-state index contributed by atoms with van der Waals surface area (Å²) in [6.45, 7) is 1.01. The Kier molecular flexibility index (Phi) is 4.60. The van der Waals surface area contributed by atoms with Crippen molar-refractivity contribution in [2.45, 2.75) is 31.7 Å². The highest BCUT2D eigenvalue weighted by atomic mass is 32.2. The van der Waals surface area contributed by atoms with Crippen LogP contribution >= 0.6 is 0 Å². The third-order valence-electron chi connectivity index (χ3n) is 3.19. The number of sulfonamides is 1. The second kappa shape index (κ2) is 6.20. The van der Waals surface area contributed by atoms with Crippen LogP contribution in [0.1, 0.15) is 25.7 Å². The van der Waals surface area contributed by atoms with Gasteiger partial charge in [-0.05, 0) is 37.9 Å². The molecule has 1 aliphatic rings. The van der Waals surface area contributed by atoms with Gasteiger partial charge in [0.05, 0.1) is 5.75 Å². The van der Waals surface area contributed by atoms with Gasteiger partial charge in [-0.2, -0.15) is 0 Å². The summed E-state index contributed by atoms with van der Waals surface area (Å²) >= 11 is 0. The minimum absolute atomic E-state index is 0.180. The fourth-order valence-electron chi connectivity index (χ4n) is 2.20. The van der Waals surface area contributed by atoms with Crippen molar-refractivity contribution in [3.8, 4) is 0 Å². The number of nitrogens with one attached hydrogen (secondary N) is 2. The van der Waals surface area contributed by atoms with Gasteiger partial charge in [0.25, 0.3) is 0 Å². The first-order valence-electron chi connectivity index (χ1n) is 6.45. The van der Waals surface area contributed by atoms with Gasteiger partial charge in [-0.1, -0.05) is 24.6 Å². The van der Waals surface area contributed by atoms with E-state index in [9.17, 15) is 8.42 Å². The molecule has 2 N–H and O–H groups in total. The molecule has 2 rings (SSSR count). The molecule has 0 bridgehead atoms. The average Bonchev–Trinajstić information content (AvgIpc) is 2.38. The van der Waals surface area contributed by atoms with Gasteiger partial charge >= 0.3 is 0 Å². The number of anilines is 1. The number of hydrogen-bond acceptors (Lipinski definition) is 3. The van der Waals surface area contributed by atoms with Crippen molar-refractivity contribution in [3.63, 3.8) is 0 Å². The number of piperidine rings is 1. The molecule has 1 aliphatic heterocycles. The Balaban J connectivity index is 1.83. The molecule has 1 atom stereocenters. The maximum Gasteiger partial charge on any atom is 0.232 e. The lowest BCUT2D eigenvalue weighted by Crippen LogP contribution is -2.36. The minimum atomic E-state index is -3.22. The zero-order chi connectivity index (χ0) is 12.8. The van der Waals surface area contributed by atoms with Gasteiger partial charge in [-0.25, -0.2) is 8.42 Å². The summed E-state index contributed by atoms with van der Waals surface area (Å²) in [5, 5.41) is 3.36. The van der Waals surface area contributed by atoms with Crippen LogP contribution in [0.25, 0.3) is 0 Å². The molecule has 18 heavy (non-hydrogen) atoms. The van der Waals surface area contributed by atoms with Gasteiger partial charge in [0.2, 0.25) is 10.0 Å². The van der Waals surface area contributed by atoms with Gasteiger partial charge in [0.1, 0.15) is 0 Å². The number of benzene rings is 1. The molecule has 1 saturated heterocycles. The van der Waals surface area contributed by atoms with Crippen molar-refractivity contribution in [3.05, 3.63) is 30.3 Å². The average molecular weight is 268 g/mol. The van der Waals surface area contributed by atoms with Gasteiger partial charge in [0.15, 0.2) is 0 Å². The Morgan fingerprint density at radius 1 is 1.22 bits per heavy atom. The van der Waals surface area contributed by atoms with E-state index in [1.807, 2.05) is 18.2 Å². The van der Waals surface area contributed by atoms with E-state index in [4.69, 9.17) is 0 Å². The van der Waals surface area contributed by atoms with Crippen LogP contribution in [0.2, 0.25) is 0 Å². The van der Waals surface area contributed by atoms with Gasteiger partial charge < -0.3 is 5.32 Å². The Hall–Kier alpha value is -1.07. The normalized spacial score (nSPS) is 20.6. The van der Waals surface area contributed by atoms with Crippen molar-refractivity contribution in [1.82, 2.24) is 5.32 Å². The molecule has 1 aromatic rings. The molecule has 0 saturated carbocycles. The predicted octanol–water partition coefficient (Wildman–Crippen LogP) is 1.96. The van der Waals surface area contributed by atoms with Crippen LogP contribution in [0.15, 0.2) is 30.3 Å². The molecule has 5 heteroatoms. The molecule has 100 valence electrons. The number of para-hydroxylation sites is 1. The highest BCUT2D eigenvalue weighted by molar-refractivity contribution is 7.92. The molecule has 4 nitrogen and oxygen atoms in total. The summed E-state index contributed by atoms with van der Waals surface area (Å²) in [6, 6.07) is 9.38. The third-order valence-corrected chi connectivity index (χ3v) is 4.51. The Morgan fingerprint density at radius 3 is 2.67 bits per heavy atom. The predicted molar refractivity (Wildman–Crippen MR) is 74.1 cm³/mol. The second-order valence-corrected chi connectivity index (χ2v) is 6.56. The molecule has 1 aromatic carbocycles. The SMILES string of the molecule is O=S(=O)(CCC1CCCCN1)Nc1ccccc1. The van der Waals surface area contributed by atoms with E-state index in [0.717, 1.165) is 13.0 Å². The second-order valence-electron chi connectivity index (χ2n) is 4.72. The van der Waals surface area contributed by atoms with Crippen molar-refractivity contribution in [2.75, 3.05) is 17.0 Å². The van der Waals surface area contributed by atoms with Crippen LogP contribution in [-0.2, 0) is 10.0 Å². The standard InChI is InChI=1S/C13H20N2O2S/c16-18(17,15-13-7-2-1-3-8-13)11-9-12-6-4-5-10-14-12/h1-3,7-8,12,14-15H,4-6,9-11H2. The van der Waals surface area contributed by atoms with Gasteiger partial charge in [-0.3, -0.25) is 4.72 Å². The summed E-state index contributed by atoms with van der Waals surface area (Å²) in [6.07, 6.45) is 4.17. The van der Waals surface area contributed by atoms with Gasteiger partial charge in [-0.15, -0.1) is 0 Å². The minimum Gasteiger partial charge on any atom is -0.314 e. The fraction of sp³-hybridized carbons (Fsp3) is 0.538. The van der Waals surface area contributed by atoms with E-state index < -0.39 is 10.0 Å². The summed E-state index contributed by atoms with van der Waals surface area (Å²) in [5.41, 5.74) is 0.633. The molecule has 0 spiro atoms. The molecule has 1 heterocycles. The third kappa shape index (κ3) is 4.31. The van der Waals surface area contributed by atoms with Crippen LogP contribution in [0.5, 0.6) is 0 Å². The monoisotopic (exact) mass is 268 g/mol. The molecule has 1 unspecified atom stereocenters. The topological polar surface area (TPSA) is 58.2 Å². The number of rotatable bonds is 5. The summed E-state index contributed by atoms with van der Waals surface area (Å²) < 4.78 is 26.4. The van der Waals surface area contributed by atoms with Crippen LogP contribution in [0.4, 0.5) is 5.69 Å². The maximum atomic E-state index is 11.9.